The van der Waals surface area contributed by atoms with Gasteiger partial charge in [-0.05, 0) is 78.1 Å². The van der Waals surface area contributed by atoms with Gasteiger partial charge in [0, 0.05) is 18.8 Å². The molecule has 4 aromatic carbocycles. The molecule has 186 valence electrons. The summed E-state index contributed by atoms with van der Waals surface area (Å²) < 4.78 is 0. The molecule has 0 atom stereocenters. The van der Waals surface area contributed by atoms with Gasteiger partial charge in [-0.1, -0.05) is 65.9 Å². The molecule has 0 bridgehead atoms. The molecule has 0 saturated heterocycles. The number of hydrogen-bond acceptors (Lipinski definition) is 8. The number of rotatable bonds is 7. The molecule has 0 aliphatic carbocycles. The summed E-state index contributed by atoms with van der Waals surface area (Å²) in [6.07, 6.45) is 1.01. The molecular formula is C30H25N7S. The Kier molecular flexibility index (Phi) is 6.78. The van der Waals surface area contributed by atoms with E-state index in [-0.39, 0.29) is 0 Å². The zero-order chi connectivity index (χ0) is 25.7. The number of hydrogen-bond donors (Lipinski definition) is 0. The van der Waals surface area contributed by atoms with Crippen LogP contribution in [0.4, 0.5) is 27.9 Å². The summed E-state index contributed by atoms with van der Waals surface area (Å²) in [5.41, 5.74) is 8.72. The molecule has 1 aromatic heterocycles. The second kappa shape index (κ2) is 10.8. The van der Waals surface area contributed by atoms with E-state index in [2.05, 4.69) is 96.2 Å². The summed E-state index contributed by atoms with van der Waals surface area (Å²) in [6, 6.07) is 33.2. The molecule has 7 nitrogen and oxygen atoms in total. The van der Waals surface area contributed by atoms with E-state index in [1.165, 1.54) is 39.3 Å². The molecule has 5 aromatic rings. The first-order valence-electron chi connectivity index (χ1n) is 12.5. The summed E-state index contributed by atoms with van der Waals surface area (Å²) in [6.45, 7) is 3.79. The number of aryl methyl sites for hydroxylation is 1. The topological polar surface area (TPSA) is 78.5 Å². The van der Waals surface area contributed by atoms with Crippen molar-refractivity contribution in [2.45, 2.75) is 19.9 Å². The molecular weight excluding hydrogens is 490 g/mol. The fraction of sp³-hybridized carbons (Fsp3) is 0.133. The first kappa shape index (κ1) is 23.8. The van der Waals surface area contributed by atoms with Gasteiger partial charge in [-0.15, -0.1) is 20.4 Å². The molecule has 0 unspecified atom stereocenters. The van der Waals surface area contributed by atoms with Crippen LogP contribution < -0.4 is 4.90 Å². The number of benzene rings is 4. The first-order valence-corrected chi connectivity index (χ1v) is 13.3. The average molecular weight is 516 g/mol. The lowest BCUT2D eigenvalue weighted by molar-refractivity contribution is 0.836. The van der Waals surface area contributed by atoms with Crippen LogP contribution in [0.1, 0.15) is 16.1 Å². The largest absolute Gasteiger partial charge is 0.367 e. The highest BCUT2D eigenvalue weighted by molar-refractivity contribution is 7.14. The van der Waals surface area contributed by atoms with Crippen molar-refractivity contribution in [3.8, 4) is 11.1 Å². The SMILES string of the molecule is Cc1nnc(N=Nc2ccc(N=Nc3ccc4c(c3)CCN4Cc3ccc(-c4ccccc4)cc3)cc2)s1. The molecule has 0 radical (unpaired) electrons. The van der Waals surface area contributed by atoms with Crippen molar-refractivity contribution in [1.82, 2.24) is 10.2 Å². The highest BCUT2D eigenvalue weighted by Gasteiger charge is 2.19. The van der Waals surface area contributed by atoms with E-state index in [1.807, 2.05) is 43.3 Å². The zero-order valence-electron chi connectivity index (χ0n) is 20.9. The monoisotopic (exact) mass is 515 g/mol. The Hall–Kier alpha value is -4.56. The van der Waals surface area contributed by atoms with Crippen LogP contribution in [0.2, 0.25) is 0 Å². The van der Waals surface area contributed by atoms with Crippen molar-refractivity contribution in [3.05, 3.63) is 113 Å². The Balaban J connectivity index is 1.08. The third-order valence-electron chi connectivity index (χ3n) is 6.39. The Morgan fingerprint density at radius 2 is 1.37 bits per heavy atom. The molecule has 0 spiro atoms. The van der Waals surface area contributed by atoms with Gasteiger partial charge in [0.15, 0.2) is 0 Å². The predicted octanol–water partition coefficient (Wildman–Crippen LogP) is 8.91. The minimum absolute atomic E-state index is 0.544. The van der Waals surface area contributed by atoms with E-state index in [0.717, 1.165) is 41.6 Å². The van der Waals surface area contributed by atoms with Crippen LogP contribution in [-0.2, 0) is 13.0 Å². The number of nitrogens with zero attached hydrogens (tertiary/aromatic N) is 7. The van der Waals surface area contributed by atoms with E-state index in [4.69, 9.17) is 0 Å². The quantitative estimate of drug-likeness (QED) is 0.203. The van der Waals surface area contributed by atoms with E-state index in [1.54, 1.807) is 0 Å². The van der Waals surface area contributed by atoms with Gasteiger partial charge in [-0.25, -0.2) is 0 Å². The van der Waals surface area contributed by atoms with Gasteiger partial charge in [0.05, 0.1) is 17.1 Å². The molecule has 1 aliphatic heterocycles. The average Bonchev–Trinajstić information content (AvgIpc) is 3.57. The zero-order valence-corrected chi connectivity index (χ0v) is 21.7. The summed E-state index contributed by atoms with van der Waals surface area (Å²) in [5.74, 6) is 0. The Morgan fingerprint density at radius 1 is 0.711 bits per heavy atom. The molecule has 6 rings (SSSR count). The normalized spacial score (nSPS) is 13.0. The van der Waals surface area contributed by atoms with Gasteiger partial charge in [0.1, 0.15) is 5.01 Å². The molecule has 0 N–H and O–H groups in total. The molecule has 0 fully saturated rings. The van der Waals surface area contributed by atoms with Crippen LogP contribution >= 0.6 is 11.3 Å². The van der Waals surface area contributed by atoms with Crippen LogP contribution in [0.25, 0.3) is 11.1 Å². The molecule has 1 aliphatic rings. The molecule has 8 heteroatoms. The summed E-state index contributed by atoms with van der Waals surface area (Å²) >= 11 is 1.40. The smallest absolute Gasteiger partial charge is 0.251 e. The first-order chi connectivity index (χ1) is 18.7. The van der Waals surface area contributed by atoms with Crippen molar-refractivity contribution < 1.29 is 0 Å². The Labute approximate surface area is 225 Å². The number of fused-ring (bicyclic) bond motifs is 1. The van der Waals surface area contributed by atoms with Gasteiger partial charge in [-0.3, -0.25) is 0 Å². The third kappa shape index (κ3) is 5.55. The lowest BCUT2D eigenvalue weighted by atomic mass is 10.0. The fourth-order valence-electron chi connectivity index (χ4n) is 4.47. The maximum Gasteiger partial charge on any atom is 0.251 e. The summed E-state index contributed by atoms with van der Waals surface area (Å²) in [4.78, 5) is 2.43. The van der Waals surface area contributed by atoms with Gasteiger partial charge in [0.25, 0.3) is 5.13 Å². The standard InChI is InChI=1S/C30H25N7S/c1-21-31-35-30(38-21)36-33-27-13-11-26(12-14-27)32-34-28-15-16-29-25(19-28)17-18-37(29)20-22-7-9-24(10-8-22)23-5-3-2-4-6-23/h2-16,19H,17-18,20H2,1H3. The lowest BCUT2D eigenvalue weighted by Gasteiger charge is -2.19. The predicted molar refractivity (Wildman–Crippen MR) is 153 cm³/mol. The minimum atomic E-state index is 0.544. The van der Waals surface area contributed by atoms with Crippen molar-refractivity contribution in [2.75, 3.05) is 11.4 Å². The third-order valence-corrected chi connectivity index (χ3v) is 7.11. The van der Waals surface area contributed by atoms with Gasteiger partial charge < -0.3 is 4.90 Å². The van der Waals surface area contributed by atoms with Crippen molar-refractivity contribution in [2.24, 2.45) is 20.5 Å². The number of azo groups is 2. The molecule has 38 heavy (non-hydrogen) atoms. The summed E-state index contributed by atoms with van der Waals surface area (Å²) in [5, 5.41) is 26.5. The van der Waals surface area contributed by atoms with Gasteiger partial charge in [0.2, 0.25) is 0 Å². The lowest BCUT2D eigenvalue weighted by Crippen LogP contribution is -2.19. The molecule has 0 amide bonds. The molecule has 2 heterocycles. The Morgan fingerprint density at radius 3 is 2.08 bits per heavy atom. The van der Waals surface area contributed by atoms with E-state index in [0.29, 0.717) is 5.13 Å². The van der Waals surface area contributed by atoms with E-state index < -0.39 is 0 Å². The van der Waals surface area contributed by atoms with Crippen LogP contribution in [0.5, 0.6) is 0 Å². The fourth-order valence-corrected chi connectivity index (χ4v) is 4.97. The van der Waals surface area contributed by atoms with Crippen LogP contribution in [-0.4, -0.2) is 16.7 Å². The van der Waals surface area contributed by atoms with Crippen LogP contribution in [0.15, 0.2) is 118 Å². The Bertz CT molecular complexity index is 1590. The van der Waals surface area contributed by atoms with Crippen LogP contribution in [0, 0.1) is 6.92 Å². The highest BCUT2D eigenvalue weighted by Crippen LogP contribution is 2.33. The summed E-state index contributed by atoms with van der Waals surface area (Å²) in [7, 11) is 0. The van der Waals surface area contributed by atoms with Crippen LogP contribution in [0.3, 0.4) is 0 Å². The highest BCUT2D eigenvalue weighted by atomic mass is 32.1. The maximum absolute atomic E-state index is 4.46. The van der Waals surface area contributed by atoms with Crippen molar-refractivity contribution in [3.63, 3.8) is 0 Å². The van der Waals surface area contributed by atoms with Crippen molar-refractivity contribution >= 4 is 39.2 Å². The maximum atomic E-state index is 4.46. The second-order valence-corrected chi connectivity index (χ2v) is 10.2. The van der Waals surface area contributed by atoms with E-state index >= 15 is 0 Å². The second-order valence-electron chi connectivity index (χ2n) is 9.07. The van der Waals surface area contributed by atoms with Crippen molar-refractivity contribution in [1.29, 1.82) is 0 Å². The van der Waals surface area contributed by atoms with Gasteiger partial charge in [-0.2, -0.15) is 10.2 Å². The van der Waals surface area contributed by atoms with Gasteiger partial charge >= 0.3 is 0 Å². The molecule has 0 saturated carbocycles. The van der Waals surface area contributed by atoms with E-state index in [9.17, 15) is 0 Å². The number of aromatic nitrogens is 2. The number of anilines is 1. The minimum Gasteiger partial charge on any atom is -0.367 e.